The largest absolute Gasteiger partial charge is 0.486 e. The first-order valence-electron chi connectivity index (χ1n) is 10.2. The van der Waals surface area contributed by atoms with Gasteiger partial charge < -0.3 is 14.8 Å². The van der Waals surface area contributed by atoms with Gasteiger partial charge in [0.05, 0.1) is 12.1 Å². The summed E-state index contributed by atoms with van der Waals surface area (Å²) in [4.78, 5) is 28.0. The number of ether oxygens (including phenoxy) is 2. The zero-order chi connectivity index (χ0) is 22.1. The Balaban J connectivity index is 1.50. The predicted octanol–water partition coefficient (Wildman–Crippen LogP) is 4.50. The Kier molecular flexibility index (Phi) is 5.29. The van der Waals surface area contributed by atoms with Crippen molar-refractivity contribution >= 4 is 34.7 Å². The highest BCUT2D eigenvalue weighted by Crippen LogP contribution is 2.36. The van der Waals surface area contributed by atoms with E-state index >= 15 is 0 Å². The number of nitrogens with zero attached hydrogens (tertiary/aromatic N) is 1. The molecule has 0 spiro atoms. The zero-order valence-electron chi connectivity index (χ0n) is 17.0. The summed E-state index contributed by atoms with van der Waals surface area (Å²) in [6, 6.07) is 21.6. The summed E-state index contributed by atoms with van der Waals surface area (Å²) in [7, 11) is 0. The third-order valence-corrected chi connectivity index (χ3v) is 5.55. The summed E-state index contributed by atoms with van der Waals surface area (Å²) < 4.78 is 11.2. The van der Waals surface area contributed by atoms with E-state index in [2.05, 4.69) is 5.32 Å². The number of imide groups is 1. The molecule has 32 heavy (non-hydrogen) atoms. The van der Waals surface area contributed by atoms with Crippen LogP contribution in [0.5, 0.6) is 11.5 Å². The van der Waals surface area contributed by atoms with Gasteiger partial charge in [-0.2, -0.15) is 0 Å². The molecule has 0 fully saturated rings. The van der Waals surface area contributed by atoms with Crippen LogP contribution in [-0.2, 0) is 16.1 Å². The van der Waals surface area contributed by atoms with Gasteiger partial charge in [0.1, 0.15) is 18.9 Å². The summed E-state index contributed by atoms with van der Waals surface area (Å²) in [5, 5.41) is 3.75. The summed E-state index contributed by atoms with van der Waals surface area (Å²) in [5.74, 6) is 0.505. The van der Waals surface area contributed by atoms with E-state index in [0.29, 0.717) is 46.6 Å². The molecule has 0 aliphatic carbocycles. The van der Waals surface area contributed by atoms with Crippen LogP contribution < -0.4 is 14.8 Å². The van der Waals surface area contributed by atoms with Gasteiger partial charge in [0.2, 0.25) is 0 Å². The molecule has 0 unspecified atom stereocenters. The van der Waals surface area contributed by atoms with Crippen molar-refractivity contribution in [3.63, 3.8) is 0 Å². The number of amides is 2. The average Bonchev–Trinajstić information content (AvgIpc) is 3.05. The Labute approximate surface area is 190 Å². The maximum absolute atomic E-state index is 13.4. The standard InChI is InChI=1S/C25H19ClN2O4/c26-18-8-6-16(7-9-18)15-28-24(29)22(17-4-2-1-3-5-17)23(25(28)30)27-19-10-11-20-21(14-19)32-13-12-31-20/h1-11,14,27H,12-13,15H2. The van der Waals surface area contributed by atoms with Crippen LogP contribution in [0.3, 0.4) is 0 Å². The molecule has 2 heterocycles. The molecule has 0 atom stereocenters. The molecule has 0 aromatic heterocycles. The van der Waals surface area contributed by atoms with Crippen LogP contribution >= 0.6 is 11.6 Å². The van der Waals surface area contributed by atoms with Crippen LogP contribution in [0.15, 0.2) is 78.5 Å². The van der Waals surface area contributed by atoms with Crippen molar-refractivity contribution in [3.05, 3.63) is 94.6 Å². The Hall–Kier alpha value is -3.77. The van der Waals surface area contributed by atoms with Gasteiger partial charge in [-0.15, -0.1) is 0 Å². The highest BCUT2D eigenvalue weighted by Gasteiger charge is 2.39. The first-order chi connectivity index (χ1) is 15.6. The van der Waals surface area contributed by atoms with Gasteiger partial charge in [0.25, 0.3) is 11.8 Å². The monoisotopic (exact) mass is 446 g/mol. The minimum absolute atomic E-state index is 0.150. The summed E-state index contributed by atoms with van der Waals surface area (Å²) in [6.07, 6.45) is 0. The van der Waals surface area contributed by atoms with Crippen LogP contribution in [-0.4, -0.2) is 29.9 Å². The van der Waals surface area contributed by atoms with E-state index in [0.717, 1.165) is 5.56 Å². The van der Waals surface area contributed by atoms with Crippen molar-refractivity contribution in [1.29, 1.82) is 0 Å². The molecule has 0 saturated heterocycles. The van der Waals surface area contributed by atoms with Crippen LogP contribution in [0.4, 0.5) is 5.69 Å². The second-order valence-corrected chi connectivity index (χ2v) is 7.86. The van der Waals surface area contributed by atoms with E-state index in [-0.39, 0.29) is 18.1 Å². The molecular weight excluding hydrogens is 428 g/mol. The van der Waals surface area contributed by atoms with Crippen LogP contribution in [0.25, 0.3) is 5.57 Å². The SMILES string of the molecule is O=C1C(Nc2ccc3c(c2)OCCO3)=C(c2ccccc2)C(=O)N1Cc1ccc(Cl)cc1. The molecule has 0 bridgehead atoms. The molecule has 3 aromatic rings. The summed E-state index contributed by atoms with van der Waals surface area (Å²) in [6.45, 7) is 1.11. The van der Waals surface area contributed by atoms with Crippen LogP contribution in [0.2, 0.25) is 5.02 Å². The normalized spacial score (nSPS) is 15.3. The van der Waals surface area contributed by atoms with Crippen LogP contribution in [0, 0.1) is 0 Å². The van der Waals surface area contributed by atoms with Crippen molar-refractivity contribution < 1.29 is 19.1 Å². The van der Waals surface area contributed by atoms with Gasteiger partial charge in [-0.05, 0) is 35.4 Å². The van der Waals surface area contributed by atoms with Crippen molar-refractivity contribution in [1.82, 2.24) is 4.90 Å². The number of rotatable bonds is 5. The molecule has 7 heteroatoms. The quantitative estimate of drug-likeness (QED) is 0.584. The molecule has 2 aliphatic heterocycles. The van der Waals surface area contributed by atoms with Gasteiger partial charge in [0.15, 0.2) is 11.5 Å². The molecule has 5 rings (SSSR count). The number of carbonyl (C=O) groups is 2. The second-order valence-electron chi connectivity index (χ2n) is 7.42. The van der Waals surface area contributed by atoms with E-state index in [1.807, 2.05) is 30.3 Å². The number of benzene rings is 3. The third kappa shape index (κ3) is 3.81. The summed E-state index contributed by atoms with van der Waals surface area (Å²) >= 11 is 5.97. The molecule has 160 valence electrons. The third-order valence-electron chi connectivity index (χ3n) is 5.30. The number of halogens is 1. The average molecular weight is 447 g/mol. The minimum atomic E-state index is -0.390. The molecule has 6 nitrogen and oxygen atoms in total. The van der Waals surface area contributed by atoms with Crippen molar-refractivity contribution in [3.8, 4) is 11.5 Å². The van der Waals surface area contributed by atoms with Crippen molar-refractivity contribution in [2.75, 3.05) is 18.5 Å². The smallest absolute Gasteiger partial charge is 0.278 e. The fraction of sp³-hybridized carbons (Fsp3) is 0.120. The lowest BCUT2D eigenvalue weighted by molar-refractivity contribution is -0.137. The lowest BCUT2D eigenvalue weighted by atomic mass is 10.0. The number of anilines is 1. The zero-order valence-corrected chi connectivity index (χ0v) is 17.8. The van der Waals surface area contributed by atoms with E-state index in [1.54, 1.807) is 42.5 Å². The molecule has 0 saturated carbocycles. The molecule has 2 amide bonds. The van der Waals surface area contributed by atoms with Gasteiger partial charge >= 0.3 is 0 Å². The minimum Gasteiger partial charge on any atom is -0.486 e. The van der Waals surface area contributed by atoms with Gasteiger partial charge in [0, 0.05) is 16.8 Å². The lowest BCUT2D eigenvalue weighted by Crippen LogP contribution is -2.32. The first-order valence-corrected chi connectivity index (χ1v) is 10.5. The molecular formula is C25H19ClN2O4. The van der Waals surface area contributed by atoms with E-state index in [4.69, 9.17) is 21.1 Å². The first kappa shape index (κ1) is 20.2. The fourth-order valence-corrected chi connectivity index (χ4v) is 3.87. The van der Waals surface area contributed by atoms with Crippen molar-refractivity contribution in [2.24, 2.45) is 0 Å². The van der Waals surface area contributed by atoms with E-state index < -0.39 is 5.91 Å². The maximum Gasteiger partial charge on any atom is 0.278 e. The number of fused-ring (bicyclic) bond motifs is 1. The van der Waals surface area contributed by atoms with Crippen LogP contribution in [0.1, 0.15) is 11.1 Å². The molecule has 2 aliphatic rings. The number of hydrogen-bond acceptors (Lipinski definition) is 5. The Bertz CT molecular complexity index is 1220. The van der Waals surface area contributed by atoms with Gasteiger partial charge in [-0.1, -0.05) is 54.1 Å². The van der Waals surface area contributed by atoms with E-state index in [1.165, 1.54) is 4.90 Å². The number of nitrogens with one attached hydrogen (secondary N) is 1. The Morgan fingerprint density at radius 3 is 2.31 bits per heavy atom. The number of carbonyl (C=O) groups excluding carboxylic acids is 2. The highest BCUT2D eigenvalue weighted by atomic mass is 35.5. The maximum atomic E-state index is 13.4. The Morgan fingerprint density at radius 1 is 0.844 bits per heavy atom. The molecule has 3 aromatic carbocycles. The topological polar surface area (TPSA) is 67.9 Å². The summed E-state index contributed by atoms with van der Waals surface area (Å²) in [5.41, 5.74) is 2.67. The van der Waals surface area contributed by atoms with E-state index in [9.17, 15) is 9.59 Å². The fourth-order valence-electron chi connectivity index (χ4n) is 3.75. The highest BCUT2D eigenvalue weighted by molar-refractivity contribution is 6.36. The van der Waals surface area contributed by atoms with Crippen molar-refractivity contribution in [2.45, 2.75) is 6.54 Å². The molecule has 0 radical (unpaired) electrons. The van der Waals surface area contributed by atoms with Gasteiger partial charge in [-0.3, -0.25) is 14.5 Å². The van der Waals surface area contributed by atoms with Gasteiger partial charge in [-0.25, -0.2) is 0 Å². The number of hydrogen-bond donors (Lipinski definition) is 1. The molecule has 1 N–H and O–H groups in total. The second kappa shape index (κ2) is 8.40. The Morgan fingerprint density at radius 2 is 1.56 bits per heavy atom. The lowest BCUT2D eigenvalue weighted by Gasteiger charge is -2.19. The predicted molar refractivity (Wildman–Crippen MR) is 121 cm³/mol.